The number of halogens is 5. The van der Waals surface area contributed by atoms with Gasteiger partial charge >= 0.3 is 6.18 Å². The van der Waals surface area contributed by atoms with E-state index in [1.54, 1.807) is 4.90 Å². The van der Waals surface area contributed by atoms with Crippen LogP contribution in [-0.4, -0.2) is 49.0 Å². The van der Waals surface area contributed by atoms with Crippen molar-refractivity contribution in [3.63, 3.8) is 0 Å². The number of nitrogens with one attached hydrogen (secondary N) is 1. The quantitative estimate of drug-likeness (QED) is 0.596. The van der Waals surface area contributed by atoms with Gasteiger partial charge < -0.3 is 14.8 Å². The van der Waals surface area contributed by atoms with E-state index in [2.05, 4.69) is 5.32 Å². The van der Waals surface area contributed by atoms with E-state index in [1.165, 1.54) is 6.07 Å². The standard InChI is InChI=1S/C14H16F3N3O4.2ClH/c15-14(16,17)7-11(19-3-1-18-2-4-19)9-5-12-13(24-8-23-12)6-10(9)20(21)22;;/h5-6,11,18H,1-4,7-8H2;2*1H/t11-;;/m0../s1. The number of piperazine rings is 1. The summed E-state index contributed by atoms with van der Waals surface area (Å²) in [6.45, 7) is 1.73. The lowest BCUT2D eigenvalue weighted by Crippen LogP contribution is -2.46. The Bertz CT molecular complexity index is 643. The summed E-state index contributed by atoms with van der Waals surface area (Å²) in [5, 5.41) is 14.4. The SMILES string of the molecule is Cl.Cl.O=[N+]([O-])c1cc2c(cc1[C@H](CC(F)(F)F)N1CCNCC1)OCO2. The number of hydrogen-bond acceptors (Lipinski definition) is 6. The largest absolute Gasteiger partial charge is 0.454 e. The summed E-state index contributed by atoms with van der Waals surface area (Å²) in [5.74, 6) is 0.412. The molecule has 2 heterocycles. The molecular formula is C14H18Cl2F3N3O4. The molecule has 0 radical (unpaired) electrons. The number of ether oxygens (including phenoxy) is 2. The van der Waals surface area contributed by atoms with Crippen LogP contribution in [0.1, 0.15) is 18.0 Å². The van der Waals surface area contributed by atoms with Crippen LogP contribution < -0.4 is 14.8 Å². The number of nitro groups is 1. The van der Waals surface area contributed by atoms with Crippen LogP contribution in [0, 0.1) is 10.1 Å². The zero-order valence-electron chi connectivity index (χ0n) is 13.5. The normalized spacial score (nSPS) is 17.8. The molecule has 0 saturated carbocycles. The van der Waals surface area contributed by atoms with Crippen molar-refractivity contribution in [3.05, 3.63) is 27.8 Å². The fourth-order valence-electron chi connectivity index (χ4n) is 3.02. The molecule has 0 aromatic heterocycles. The Morgan fingerprint density at radius 2 is 1.77 bits per heavy atom. The van der Waals surface area contributed by atoms with Crippen molar-refractivity contribution in [2.24, 2.45) is 0 Å². The summed E-state index contributed by atoms with van der Waals surface area (Å²) in [7, 11) is 0. The van der Waals surface area contributed by atoms with Gasteiger partial charge in [-0.15, -0.1) is 24.8 Å². The highest BCUT2D eigenvalue weighted by atomic mass is 35.5. The van der Waals surface area contributed by atoms with E-state index in [0.717, 1.165) is 6.07 Å². The van der Waals surface area contributed by atoms with Crippen LogP contribution in [0.5, 0.6) is 11.5 Å². The van der Waals surface area contributed by atoms with Gasteiger partial charge in [0.05, 0.1) is 29.0 Å². The van der Waals surface area contributed by atoms with Gasteiger partial charge in [-0.1, -0.05) is 0 Å². The second-order valence-corrected chi connectivity index (χ2v) is 5.64. The van der Waals surface area contributed by atoms with Gasteiger partial charge in [0.25, 0.3) is 5.69 Å². The number of nitro benzene ring substituents is 1. The third-order valence-electron chi connectivity index (χ3n) is 4.09. The van der Waals surface area contributed by atoms with Crippen LogP contribution in [0.3, 0.4) is 0 Å². The lowest BCUT2D eigenvalue weighted by atomic mass is 9.98. The third kappa shape index (κ3) is 5.03. The molecule has 1 saturated heterocycles. The first kappa shape index (κ1) is 22.6. The van der Waals surface area contributed by atoms with Crippen LogP contribution >= 0.6 is 24.8 Å². The van der Waals surface area contributed by atoms with Crippen LogP contribution in [0.15, 0.2) is 12.1 Å². The Kier molecular flexibility index (Phi) is 7.75. The minimum Gasteiger partial charge on any atom is -0.454 e. The van der Waals surface area contributed by atoms with Crippen LogP contribution in [0.4, 0.5) is 18.9 Å². The van der Waals surface area contributed by atoms with Gasteiger partial charge in [-0.25, -0.2) is 0 Å². The van der Waals surface area contributed by atoms with E-state index >= 15 is 0 Å². The molecule has 1 aromatic rings. The highest BCUT2D eigenvalue weighted by molar-refractivity contribution is 5.85. The smallest absolute Gasteiger partial charge is 0.390 e. The molecule has 0 amide bonds. The lowest BCUT2D eigenvalue weighted by Gasteiger charge is -2.35. The van der Waals surface area contributed by atoms with E-state index in [9.17, 15) is 23.3 Å². The summed E-state index contributed by atoms with van der Waals surface area (Å²) in [4.78, 5) is 12.3. The zero-order valence-corrected chi connectivity index (χ0v) is 15.1. The van der Waals surface area contributed by atoms with Crippen molar-refractivity contribution in [1.29, 1.82) is 0 Å². The Balaban J connectivity index is 0.00000169. The fourth-order valence-corrected chi connectivity index (χ4v) is 3.02. The molecular weight excluding hydrogens is 402 g/mol. The van der Waals surface area contributed by atoms with Crippen molar-refractivity contribution in [2.75, 3.05) is 33.0 Å². The molecule has 1 N–H and O–H groups in total. The van der Waals surface area contributed by atoms with E-state index in [1.807, 2.05) is 0 Å². The maximum atomic E-state index is 13.1. The monoisotopic (exact) mass is 419 g/mol. The topological polar surface area (TPSA) is 76.9 Å². The lowest BCUT2D eigenvalue weighted by molar-refractivity contribution is -0.386. The van der Waals surface area contributed by atoms with E-state index in [4.69, 9.17) is 9.47 Å². The van der Waals surface area contributed by atoms with Gasteiger partial charge in [0.1, 0.15) is 0 Å². The van der Waals surface area contributed by atoms with E-state index in [0.29, 0.717) is 26.2 Å². The Labute approximate surface area is 159 Å². The molecule has 148 valence electrons. The van der Waals surface area contributed by atoms with E-state index in [-0.39, 0.29) is 54.4 Å². The van der Waals surface area contributed by atoms with Gasteiger partial charge in [0, 0.05) is 26.2 Å². The maximum Gasteiger partial charge on any atom is 0.390 e. The highest BCUT2D eigenvalue weighted by Gasteiger charge is 2.39. The first-order valence-corrected chi connectivity index (χ1v) is 7.44. The predicted octanol–water partition coefficient (Wildman–Crippen LogP) is 3.07. The van der Waals surface area contributed by atoms with Crippen LogP contribution in [-0.2, 0) is 0 Å². The molecule has 0 aliphatic carbocycles. The molecule has 0 bridgehead atoms. The van der Waals surface area contributed by atoms with Crippen molar-refractivity contribution in [2.45, 2.75) is 18.6 Å². The van der Waals surface area contributed by atoms with Crippen molar-refractivity contribution in [3.8, 4) is 11.5 Å². The zero-order chi connectivity index (χ0) is 17.3. The maximum absolute atomic E-state index is 13.1. The summed E-state index contributed by atoms with van der Waals surface area (Å²) < 4.78 is 49.5. The van der Waals surface area contributed by atoms with Crippen molar-refractivity contribution < 1.29 is 27.6 Å². The molecule has 2 aliphatic rings. The second kappa shape index (κ2) is 8.94. The van der Waals surface area contributed by atoms with Crippen LogP contribution in [0.25, 0.3) is 0 Å². The van der Waals surface area contributed by atoms with Gasteiger partial charge in [0.15, 0.2) is 11.5 Å². The highest BCUT2D eigenvalue weighted by Crippen LogP contribution is 2.44. The second-order valence-electron chi connectivity index (χ2n) is 5.64. The molecule has 12 heteroatoms. The molecule has 1 aromatic carbocycles. The van der Waals surface area contributed by atoms with E-state index < -0.39 is 23.6 Å². The number of nitrogens with zero attached hydrogens (tertiary/aromatic N) is 2. The Morgan fingerprint density at radius 3 is 2.31 bits per heavy atom. The molecule has 26 heavy (non-hydrogen) atoms. The van der Waals surface area contributed by atoms with Crippen molar-refractivity contribution >= 4 is 30.5 Å². The van der Waals surface area contributed by atoms with Gasteiger partial charge in [-0.05, 0) is 6.07 Å². The first-order valence-electron chi connectivity index (χ1n) is 7.44. The molecule has 1 fully saturated rings. The molecule has 1 atom stereocenters. The number of rotatable bonds is 4. The minimum atomic E-state index is -4.44. The predicted molar refractivity (Wildman–Crippen MR) is 91.6 cm³/mol. The summed E-state index contributed by atoms with van der Waals surface area (Å²) in [6.07, 6.45) is -5.60. The first-order chi connectivity index (χ1) is 11.3. The number of benzene rings is 1. The molecule has 0 unspecified atom stereocenters. The summed E-state index contributed by atoms with van der Waals surface area (Å²) in [5.41, 5.74) is -0.379. The van der Waals surface area contributed by atoms with Gasteiger partial charge in [-0.2, -0.15) is 13.2 Å². The molecule has 3 rings (SSSR count). The van der Waals surface area contributed by atoms with Crippen molar-refractivity contribution in [1.82, 2.24) is 10.2 Å². The minimum absolute atomic E-state index is 0. The Morgan fingerprint density at radius 1 is 1.19 bits per heavy atom. The Hall–Kier alpha value is -1.49. The number of hydrogen-bond donors (Lipinski definition) is 1. The molecule has 7 nitrogen and oxygen atoms in total. The summed E-state index contributed by atoms with van der Waals surface area (Å²) in [6, 6.07) is 1.31. The average Bonchev–Trinajstić information content (AvgIpc) is 2.98. The van der Waals surface area contributed by atoms with Gasteiger partial charge in [0.2, 0.25) is 6.79 Å². The average molecular weight is 420 g/mol. The van der Waals surface area contributed by atoms with Gasteiger partial charge in [-0.3, -0.25) is 15.0 Å². The van der Waals surface area contributed by atoms with Crippen LogP contribution in [0.2, 0.25) is 0 Å². The number of fused-ring (bicyclic) bond motifs is 1. The summed E-state index contributed by atoms with van der Waals surface area (Å²) >= 11 is 0. The third-order valence-corrected chi connectivity index (χ3v) is 4.09. The molecule has 0 spiro atoms. The number of alkyl halides is 3. The fraction of sp³-hybridized carbons (Fsp3) is 0.571. The molecule has 2 aliphatic heterocycles.